The summed E-state index contributed by atoms with van der Waals surface area (Å²) in [6.45, 7) is 5.40. The Bertz CT molecular complexity index is 678. The summed E-state index contributed by atoms with van der Waals surface area (Å²) in [5.41, 5.74) is 3.93. The van der Waals surface area contributed by atoms with E-state index in [1.807, 2.05) is 18.2 Å². The van der Waals surface area contributed by atoms with Crippen LogP contribution in [0.15, 0.2) is 54.6 Å². The van der Waals surface area contributed by atoms with Crippen LogP contribution in [0.3, 0.4) is 0 Å². The van der Waals surface area contributed by atoms with Crippen molar-refractivity contribution in [3.63, 3.8) is 0 Å². The number of amides is 1. The predicted octanol–water partition coefficient (Wildman–Crippen LogP) is 4.27. The van der Waals surface area contributed by atoms with Crippen LogP contribution in [0.1, 0.15) is 31.1 Å². The second-order valence-electron chi connectivity index (χ2n) is 5.97. The molecule has 5 heteroatoms. The normalized spacial score (nSPS) is 10.7. The van der Waals surface area contributed by atoms with E-state index >= 15 is 0 Å². The SMILES string of the molecule is CC(C)(C)OC(=O)N(Nc1ccccc1C=O)c1ccccc1. The Kier molecular flexibility index (Phi) is 5.01. The molecule has 5 nitrogen and oxygen atoms in total. The van der Waals surface area contributed by atoms with Crippen molar-refractivity contribution in [2.75, 3.05) is 10.4 Å². The van der Waals surface area contributed by atoms with Crippen LogP contribution in [0.4, 0.5) is 16.2 Å². The Morgan fingerprint density at radius 1 is 1.04 bits per heavy atom. The summed E-state index contributed by atoms with van der Waals surface area (Å²) in [5.74, 6) is 0. The molecular weight excluding hydrogens is 292 g/mol. The summed E-state index contributed by atoms with van der Waals surface area (Å²) < 4.78 is 5.44. The molecule has 120 valence electrons. The summed E-state index contributed by atoms with van der Waals surface area (Å²) >= 11 is 0. The lowest BCUT2D eigenvalue weighted by Crippen LogP contribution is -2.40. The summed E-state index contributed by atoms with van der Waals surface area (Å²) in [4.78, 5) is 23.7. The Labute approximate surface area is 135 Å². The molecular formula is C18H20N2O3. The first-order valence-electron chi connectivity index (χ1n) is 7.30. The molecule has 1 amide bonds. The average Bonchev–Trinajstić information content (AvgIpc) is 2.52. The van der Waals surface area contributed by atoms with Gasteiger partial charge in [0.1, 0.15) is 5.60 Å². The zero-order valence-corrected chi connectivity index (χ0v) is 13.4. The molecule has 2 rings (SSSR count). The first-order chi connectivity index (χ1) is 10.9. The van der Waals surface area contributed by atoms with Crippen LogP contribution in [-0.2, 0) is 4.74 Å². The van der Waals surface area contributed by atoms with E-state index in [0.29, 0.717) is 16.9 Å². The third-order valence-corrected chi connectivity index (χ3v) is 2.91. The molecule has 0 saturated heterocycles. The molecule has 1 N–H and O–H groups in total. The second-order valence-corrected chi connectivity index (χ2v) is 5.97. The second kappa shape index (κ2) is 6.96. The van der Waals surface area contributed by atoms with Gasteiger partial charge in [0.05, 0.1) is 11.4 Å². The Morgan fingerprint density at radius 2 is 1.65 bits per heavy atom. The molecule has 0 bridgehead atoms. The van der Waals surface area contributed by atoms with Gasteiger partial charge >= 0.3 is 6.09 Å². The van der Waals surface area contributed by atoms with Crippen LogP contribution < -0.4 is 10.4 Å². The number of carbonyl (C=O) groups excluding carboxylic acids is 2. The zero-order valence-electron chi connectivity index (χ0n) is 13.4. The minimum absolute atomic E-state index is 0.456. The van der Waals surface area contributed by atoms with Crippen molar-refractivity contribution in [3.05, 3.63) is 60.2 Å². The van der Waals surface area contributed by atoms with Crippen molar-refractivity contribution >= 4 is 23.8 Å². The average molecular weight is 312 g/mol. The van der Waals surface area contributed by atoms with Gasteiger partial charge in [-0.3, -0.25) is 10.2 Å². The van der Waals surface area contributed by atoms with Gasteiger partial charge in [0.25, 0.3) is 0 Å². The zero-order chi connectivity index (χ0) is 16.9. The highest BCUT2D eigenvalue weighted by Crippen LogP contribution is 2.21. The fourth-order valence-electron chi connectivity index (χ4n) is 1.92. The van der Waals surface area contributed by atoms with E-state index in [2.05, 4.69) is 5.43 Å². The van der Waals surface area contributed by atoms with Gasteiger partial charge in [-0.15, -0.1) is 0 Å². The lowest BCUT2D eigenvalue weighted by Gasteiger charge is -2.28. The van der Waals surface area contributed by atoms with Gasteiger partial charge in [-0.1, -0.05) is 30.3 Å². The van der Waals surface area contributed by atoms with Crippen LogP contribution in [0.25, 0.3) is 0 Å². The first-order valence-corrected chi connectivity index (χ1v) is 7.30. The molecule has 2 aromatic rings. The van der Waals surface area contributed by atoms with Crippen molar-refractivity contribution in [2.45, 2.75) is 26.4 Å². The largest absolute Gasteiger partial charge is 0.442 e. The van der Waals surface area contributed by atoms with Gasteiger partial charge in [0.15, 0.2) is 6.29 Å². The molecule has 0 spiro atoms. The standard InChI is InChI=1S/C18H20N2O3/c1-18(2,3)23-17(22)20(15-10-5-4-6-11-15)19-16-12-8-7-9-14(16)13-21/h4-13,19H,1-3H3. The third-order valence-electron chi connectivity index (χ3n) is 2.91. The maximum atomic E-state index is 12.5. The number of nitrogens with zero attached hydrogens (tertiary/aromatic N) is 1. The molecule has 0 saturated carbocycles. The number of ether oxygens (including phenoxy) is 1. The summed E-state index contributed by atoms with van der Waals surface area (Å²) in [7, 11) is 0. The molecule has 2 aromatic carbocycles. The maximum absolute atomic E-state index is 12.5. The van der Waals surface area contributed by atoms with E-state index in [-0.39, 0.29) is 0 Å². The van der Waals surface area contributed by atoms with Gasteiger partial charge in [-0.25, -0.2) is 4.79 Å². The van der Waals surface area contributed by atoms with Crippen LogP contribution in [0.5, 0.6) is 0 Å². The van der Waals surface area contributed by atoms with Gasteiger partial charge < -0.3 is 4.74 Å². The molecule has 0 aliphatic heterocycles. The van der Waals surface area contributed by atoms with Gasteiger partial charge in [-0.05, 0) is 45.0 Å². The lowest BCUT2D eigenvalue weighted by atomic mass is 10.2. The molecule has 0 atom stereocenters. The number of anilines is 2. The first kappa shape index (κ1) is 16.5. The smallest absolute Gasteiger partial charge is 0.433 e. The molecule has 0 radical (unpaired) electrons. The van der Waals surface area contributed by atoms with Crippen LogP contribution in [0.2, 0.25) is 0 Å². The van der Waals surface area contributed by atoms with E-state index < -0.39 is 11.7 Å². The monoisotopic (exact) mass is 312 g/mol. The minimum atomic E-state index is -0.629. The van der Waals surface area contributed by atoms with E-state index in [0.717, 1.165) is 6.29 Å². The number of carbonyl (C=O) groups is 2. The van der Waals surface area contributed by atoms with Gasteiger partial charge in [0, 0.05) is 5.56 Å². The number of rotatable bonds is 4. The third kappa shape index (κ3) is 4.57. The van der Waals surface area contributed by atoms with E-state index in [1.54, 1.807) is 57.2 Å². The molecule has 0 fully saturated rings. The maximum Gasteiger partial charge on any atom is 0.433 e. The molecule has 23 heavy (non-hydrogen) atoms. The topological polar surface area (TPSA) is 58.6 Å². The quantitative estimate of drug-likeness (QED) is 0.676. The summed E-state index contributed by atoms with van der Waals surface area (Å²) in [5, 5.41) is 1.29. The van der Waals surface area contributed by atoms with Crippen molar-refractivity contribution in [2.24, 2.45) is 0 Å². The molecule has 0 aromatic heterocycles. The van der Waals surface area contributed by atoms with E-state index in [4.69, 9.17) is 4.74 Å². The highest BCUT2D eigenvalue weighted by Gasteiger charge is 2.24. The number of benzene rings is 2. The Balaban J connectivity index is 2.34. The number of hydrogen-bond donors (Lipinski definition) is 1. The van der Waals surface area contributed by atoms with Crippen molar-refractivity contribution in [3.8, 4) is 0 Å². The summed E-state index contributed by atoms with van der Waals surface area (Å²) in [6.07, 6.45) is 0.185. The Hall–Kier alpha value is -2.82. The van der Waals surface area contributed by atoms with Crippen LogP contribution in [-0.4, -0.2) is 18.0 Å². The van der Waals surface area contributed by atoms with Gasteiger partial charge in [0.2, 0.25) is 0 Å². The Morgan fingerprint density at radius 3 is 2.26 bits per heavy atom. The number of hydrogen-bond acceptors (Lipinski definition) is 4. The fraction of sp³-hybridized carbons (Fsp3) is 0.222. The molecule has 0 heterocycles. The van der Waals surface area contributed by atoms with Crippen LogP contribution >= 0.6 is 0 Å². The van der Waals surface area contributed by atoms with Crippen LogP contribution in [0, 0.1) is 0 Å². The van der Waals surface area contributed by atoms with E-state index in [1.165, 1.54) is 5.01 Å². The van der Waals surface area contributed by atoms with Crippen molar-refractivity contribution < 1.29 is 14.3 Å². The summed E-state index contributed by atoms with van der Waals surface area (Å²) in [6, 6.07) is 16.0. The lowest BCUT2D eigenvalue weighted by molar-refractivity contribution is 0.0589. The number of nitrogens with one attached hydrogen (secondary N) is 1. The molecule has 0 aliphatic carbocycles. The molecule has 0 unspecified atom stereocenters. The molecule has 0 aliphatic rings. The fourth-order valence-corrected chi connectivity index (χ4v) is 1.92. The van der Waals surface area contributed by atoms with E-state index in [9.17, 15) is 9.59 Å². The number of para-hydroxylation sites is 2. The number of hydrazine groups is 1. The number of aldehydes is 1. The predicted molar refractivity (Wildman–Crippen MR) is 90.6 cm³/mol. The van der Waals surface area contributed by atoms with Crippen molar-refractivity contribution in [1.82, 2.24) is 0 Å². The van der Waals surface area contributed by atoms with Crippen molar-refractivity contribution in [1.29, 1.82) is 0 Å². The highest BCUT2D eigenvalue weighted by molar-refractivity contribution is 5.92. The highest BCUT2D eigenvalue weighted by atomic mass is 16.6. The van der Waals surface area contributed by atoms with Gasteiger partial charge in [-0.2, -0.15) is 5.01 Å². The minimum Gasteiger partial charge on any atom is -0.442 e.